The lowest BCUT2D eigenvalue weighted by Crippen LogP contribution is -2.35. The van der Waals surface area contributed by atoms with Crippen LogP contribution < -0.4 is 10.6 Å². The zero-order valence-corrected chi connectivity index (χ0v) is 10.5. The fraction of sp³-hybridized carbons (Fsp3) is 0.545. The second-order valence-electron chi connectivity index (χ2n) is 4.00. The molecule has 1 aromatic rings. The van der Waals surface area contributed by atoms with Gasteiger partial charge in [0.25, 0.3) is 0 Å². The van der Waals surface area contributed by atoms with Crippen molar-refractivity contribution in [2.24, 2.45) is 16.8 Å². The average Bonchev–Trinajstić information content (AvgIpc) is 2.35. The number of nitrogens with zero attached hydrogens (tertiary/aromatic N) is 4. The number of anilines is 1. The Morgan fingerprint density at radius 2 is 2.24 bits per heavy atom. The Morgan fingerprint density at radius 3 is 2.71 bits per heavy atom. The molecule has 1 aromatic heterocycles. The zero-order chi connectivity index (χ0) is 12.8. The molecule has 0 saturated heterocycles. The smallest absolute Gasteiger partial charge is 0.151 e. The van der Waals surface area contributed by atoms with Gasteiger partial charge in [0.15, 0.2) is 5.82 Å². The van der Waals surface area contributed by atoms with E-state index in [2.05, 4.69) is 15.4 Å². The minimum atomic E-state index is -0.0388. The van der Waals surface area contributed by atoms with Crippen LogP contribution in [0.3, 0.4) is 0 Å². The third-order valence-electron chi connectivity index (χ3n) is 2.60. The van der Waals surface area contributed by atoms with E-state index in [0.29, 0.717) is 6.54 Å². The van der Waals surface area contributed by atoms with Crippen molar-refractivity contribution in [1.29, 1.82) is 0 Å². The van der Waals surface area contributed by atoms with Gasteiger partial charge in [0, 0.05) is 19.0 Å². The Kier molecular flexibility index (Phi) is 4.68. The third kappa shape index (κ3) is 3.58. The van der Waals surface area contributed by atoms with E-state index in [1.54, 1.807) is 0 Å². The molecule has 0 spiro atoms. The second-order valence-corrected chi connectivity index (χ2v) is 4.00. The van der Waals surface area contributed by atoms with Crippen LogP contribution in [-0.4, -0.2) is 34.3 Å². The molecule has 0 aromatic carbocycles. The summed E-state index contributed by atoms with van der Waals surface area (Å²) in [5, 5.41) is 19.8. The highest BCUT2D eigenvalue weighted by Gasteiger charge is 2.14. The minimum Gasteiger partial charge on any atom is -0.409 e. The van der Waals surface area contributed by atoms with Crippen molar-refractivity contribution < 1.29 is 5.21 Å². The van der Waals surface area contributed by atoms with Crippen LogP contribution in [0.4, 0.5) is 5.82 Å². The fourth-order valence-corrected chi connectivity index (χ4v) is 1.47. The van der Waals surface area contributed by atoms with Crippen molar-refractivity contribution in [2.45, 2.75) is 20.8 Å². The summed E-state index contributed by atoms with van der Waals surface area (Å²) in [7, 11) is 0. The topological polar surface area (TPSA) is 87.6 Å². The zero-order valence-electron chi connectivity index (χ0n) is 10.5. The van der Waals surface area contributed by atoms with Crippen LogP contribution in [0.25, 0.3) is 0 Å². The first-order chi connectivity index (χ1) is 8.08. The summed E-state index contributed by atoms with van der Waals surface area (Å²) in [5.41, 5.74) is 6.44. The van der Waals surface area contributed by atoms with Crippen molar-refractivity contribution >= 4 is 11.7 Å². The van der Waals surface area contributed by atoms with Crippen LogP contribution >= 0.6 is 0 Å². The van der Waals surface area contributed by atoms with Gasteiger partial charge in [-0.1, -0.05) is 12.1 Å². The Hall–Kier alpha value is -1.85. The Bertz CT molecular complexity index is 376. The average molecular weight is 237 g/mol. The molecule has 6 nitrogen and oxygen atoms in total. The number of nitrogens with two attached hydrogens (primary N) is 1. The molecular formula is C11H19N5O. The van der Waals surface area contributed by atoms with Gasteiger partial charge in [0.1, 0.15) is 5.84 Å². The quantitative estimate of drug-likeness (QED) is 0.345. The summed E-state index contributed by atoms with van der Waals surface area (Å²) in [5.74, 6) is 0.988. The fourth-order valence-electron chi connectivity index (χ4n) is 1.47. The van der Waals surface area contributed by atoms with Gasteiger partial charge in [0.05, 0.1) is 5.69 Å². The van der Waals surface area contributed by atoms with E-state index in [1.165, 1.54) is 0 Å². The Morgan fingerprint density at radius 1 is 1.53 bits per heavy atom. The first kappa shape index (κ1) is 13.2. The minimum absolute atomic E-state index is 0.0388. The maximum atomic E-state index is 8.61. The standard InChI is InChI=1S/C11H19N5O/c1-4-16(7-8(2)11(12)15-17)10-6-5-9(3)13-14-10/h5-6,8,17H,4,7H2,1-3H3,(H2,12,15). The molecule has 6 heteroatoms. The normalized spacial score (nSPS) is 13.5. The SMILES string of the molecule is CCN(CC(C)C(N)=NO)c1ccc(C)nn1. The number of aromatic nitrogens is 2. The molecule has 1 heterocycles. The molecule has 0 radical (unpaired) electrons. The van der Waals surface area contributed by atoms with Crippen molar-refractivity contribution in [3.63, 3.8) is 0 Å². The van der Waals surface area contributed by atoms with Crippen molar-refractivity contribution in [3.05, 3.63) is 17.8 Å². The third-order valence-corrected chi connectivity index (χ3v) is 2.60. The molecule has 0 aliphatic heterocycles. The molecule has 17 heavy (non-hydrogen) atoms. The number of rotatable bonds is 5. The summed E-state index contributed by atoms with van der Waals surface area (Å²) in [6.45, 7) is 7.26. The molecule has 1 rings (SSSR count). The van der Waals surface area contributed by atoms with Crippen LogP contribution in [0.2, 0.25) is 0 Å². The Labute approximate surface area is 101 Å². The van der Waals surface area contributed by atoms with E-state index in [4.69, 9.17) is 10.9 Å². The molecule has 94 valence electrons. The van der Waals surface area contributed by atoms with Crippen molar-refractivity contribution in [2.75, 3.05) is 18.0 Å². The van der Waals surface area contributed by atoms with Gasteiger partial charge in [-0.25, -0.2) is 0 Å². The summed E-state index contributed by atoms with van der Waals surface area (Å²) >= 11 is 0. The number of hydrogen-bond acceptors (Lipinski definition) is 5. The molecule has 0 aliphatic carbocycles. The predicted molar refractivity (Wildman–Crippen MR) is 67.2 cm³/mol. The van der Waals surface area contributed by atoms with Gasteiger partial charge < -0.3 is 15.8 Å². The largest absolute Gasteiger partial charge is 0.409 e. The number of oxime groups is 1. The highest BCUT2D eigenvalue weighted by molar-refractivity contribution is 5.82. The molecule has 3 N–H and O–H groups in total. The molecule has 0 bridgehead atoms. The van der Waals surface area contributed by atoms with E-state index in [-0.39, 0.29) is 11.8 Å². The van der Waals surface area contributed by atoms with Crippen LogP contribution in [0.1, 0.15) is 19.5 Å². The van der Waals surface area contributed by atoms with Gasteiger partial charge in [-0.2, -0.15) is 5.10 Å². The van der Waals surface area contributed by atoms with Crippen molar-refractivity contribution in [1.82, 2.24) is 10.2 Å². The summed E-state index contributed by atoms with van der Waals surface area (Å²) < 4.78 is 0. The summed E-state index contributed by atoms with van der Waals surface area (Å²) in [6, 6.07) is 3.84. The van der Waals surface area contributed by atoms with Crippen LogP contribution in [0.5, 0.6) is 0 Å². The highest BCUT2D eigenvalue weighted by Crippen LogP contribution is 2.11. The second kappa shape index (κ2) is 6.03. The molecule has 0 saturated carbocycles. The molecule has 0 fully saturated rings. The first-order valence-corrected chi connectivity index (χ1v) is 5.61. The molecule has 0 aliphatic rings. The summed E-state index contributed by atoms with van der Waals surface area (Å²) in [4.78, 5) is 2.04. The van der Waals surface area contributed by atoms with E-state index in [9.17, 15) is 0 Å². The van der Waals surface area contributed by atoms with Gasteiger partial charge >= 0.3 is 0 Å². The number of amidine groups is 1. The van der Waals surface area contributed by atoms with E-state index < -0.39 is 0 Å². The summed E-state index contributed by atoms with van der Waals surface area (Å²) in [6.07, 6.45) is 0. The number of aryl methyl sites for hydroxylation is 1. The lowest BCUT2D eigenvalue weighted by atomic mass is 10.1. The van der Waals surface area contributed by atoms with Crippen LogP contribution in [0, 0.1) is 12.8 Å². The monoisotopic (exact) mass is 237 g/mol. The molecule has 1 unspecified atom stereocenters. The lowest BCUT2D eigenvalue weighted by molar-refractivity contribution is 0.314. The molecule has 1 atom stereocenters. The Balaban J connectivity index is 2.75. The van der Waals surface area contributed by atoms with Crippen LogP contribution in [0.15, 0.2) is 17.3 Å². The molecular weight excluding hydrogens is 218 g/mol. The molecule has 0 amide bonds. The van der Waals surface area contributed by atoms with E-state index in [1.807, 2.05) is 37.8 Å². The van der Waals surface area contributed by atoms with E-state index in [0.717, 1.165) is 18.1 Å². The lowest BCUT2D eigenvalue weighted by Gasteiger charge is -2.24. The van der Waals surface area contributed by atoms with Crippen LogP contribution in [-0.2, 0) is 0 Å². The van der Waals surface area contributed by atoms with Gasteiger partial charge in [-0.15, -0.1) is 5.10 Å². The maximum absolute atomic E-state index is 8.61. The van der Waals surface area contributed by atoms with Gasteiger partial charge in [0.2, 0.25) is 0 Å². The first-order valence-electron chi connectivity index (χ1n) is 5.61. The van der Waals surface area contributed by atoms with E-state index >= 15 is 0 Å². The highest BCUT2D eigenvalue weighted by atomic mass is 16.4. The predicted octanol–water partition coefficient (Wildman–Crippen LogP) is 0.994. The van der Waals surface area contributed by atoms with Crippen molar-refractivity contribution in [3.8, 4) is 0 Å². The van der Waals surface area contributed by atoms with Gasteiger partial charge in [-0.3, -0.25) is 0 Å². The van der Waals surface area contributed by atoms with Gasteiger partial charge in [-0.05, 0) is 26.0 Å². The number of hydrogen-bond donors (Lipinski definition) is 2. The maximum Gasteiger partial charge on any atom is 0.151 e.